The lowest BCUT2D eigenvalue weighted by atomic mass is 10.0. The molecule has 0 radical (unpaired) electrons. The van der Waals surface area contributed by atoms with Crippen LogP contribution in [0.3, 0.4) is 0 Å². The lowest BCUT2D eigenvalue weighted by Crippen LogP contribution is -2.32. The number of carbonyl (C=O) groups excluding carboxylic acids is 4. The molecule has 62 heavy (non-hydrogen) atoms. The SMILES string of the molecule is Cc1c(F)c(Cl)c(F)c(N2C(=O)c3c(Cl)c(Cl)c(Oc4c(F)c(F)c(-c5c(F)c(F)c(Oc6c(Cl)c(Cl)c7c(c6Cl)C(=O)N(C)C7=O)c(F)c5F)c(F)c4F)c(Cl)c3C2=O)c1F. The van der Waals surface area contributed by atoms with Crippen molar-refractivity contribution >= 4 is 111 Å². The fourth-order valence-corrected chi connectivity index (χ4v) is 8.11. The van der Waals surface area contributed by atoms with E-state index in [-0.39, 0.29) is 4.90 Å². The van der Waals surface area contributed by atoms with Crippen molar-refractivity contribution in [3.8, 4) is 34.1 Å². The molecule has 0 bridgehead atoms. The zero-order chi connectivity index (χ0) is 46.2. The smallest absolute Gasteiger partial charge is 0.268 e. The molecule has 0 spiro atoms. The van der Waals surface area contributed by atoms with Crippen LogP contribution in [-0.4, -0.2) is 35.6 Å². The molecular formula is C36H6Cl7F11N2O6. The first-order chi connectivity index (χ1) is 28.8. The summed E-state index contributed by atoms with van der Waals surface area (Å²) in [5.74, 6) is -39.9. The molecule has 5 aromatic carbocycles. The van der Waals surface area contributed by atoms with E-state index in [4.69, 9.17) is 90.7 Å². The summed E-state index contributed by atoms with van der Waals surface area (Å²) in [6.07, 6.45) is 0. The van der Waals surface area contributed by atoms with Crippen molar-refractivity contribution in [2.45, 2.75) is 6.92 Å². The third-order valence-corrected chi connectivity index (χ3v) is 11.9. The lowest BCUT2D eigenvalue weighted by molar-refractivity contribution is 0.0692. The van der Waals surface area contributed by atoms with Gasteiger partial charge in [0.25, 0.3) is 23.6 Å². The Morgan fingerprint density at radius 3 is 1.05 bits per heavy atom. The van der Waals surface area contributed by atoms with Crippen molar-refractivity contribution in [2.75, 3.05) is 11.9 Å². The monoisotopic (exact) mass is 1020 g/mol. The van der Waals surface area contributed by atoms with Gasteiger partial charge in [-0.1, -0.05) is 81.2 Å². The molecule has 0 fully saturated rings. The maximum atomic E-state index is 15.7. The van der Waals surface area contributed by atoms with Gasteiger partial charge < -0.3 is 9.47 Å². The van der Waals surface area contributed by atoms with E-state index >= 15 is 43.9 Å². The van der Waals surface area contributed by atoms with Gasteiger partial charge in [-0.3, -0.25) is 24.1 Å². The van der Waals surface area contributed by atoms with Gasteiger partial charge >= 0.3 is 0 Å². The topological polar surface area (TPSA) is 93.2 Å². The molecule has 2 heterocycles. The number of amides is 4. The molecule has 2 aliphatic rings. The quantitative estimate of drug-likeness (QED) is 0.0728. The number of hydrogen-bond donors (Lipinski definition) is 0. The number of benzene rings is 5. The van der Waals surface area contributed by atoms with Gasteiger partial charge in [0.1, 0.15) is 20.8 Å². The number of nitrogens with zero attached hydrogens (tertiary/aromatic N) is 2. The second-order valence-electron chi connectivity index (χ2n) is 12.5. The second-order valence-corrected chi connectivity index (χ2v) is 15.2. The van der Waals surface area contributed by atoms with E-state index < -0.39 is 190 Å². The molecule has 0 saturated heterocycles. The van der Waals surface area contributed by atoms with Gasteiger partial charge in [-0.2, -0.15) is 17.6 Å². The van der Waals surface area contributed by atoms with E-state index in [0.717, 1.165) is 14.0 Å². The van der Waals surface area contributed by atoms with Crippen LogP contribution in [0.15, 0.2) is 0 Å². The summed E-state index contributed by atoms with van der Waals surface area (Å²) in [5, 5.41) is -7.56. The molecule has 0 N–H and O–H groups in total. The van der Waals surface area contributed by atoms with Crippen molar-refractivity contribution < 1.29 is 76.9 Å². The molecule has 26 heteroatoms. The Bertz CT molecular complexity index is 2960. The summed E-state index contributed by atoms with van der Waals surface area (Å²) in [6.45, 7) is 0.751. The Hall–Kier alpha value is -4.76. The third-order valence-electron chi connectivity index (χ3n) is 9.22. The average Bonchev–Trinajstić information content (AvgIpc) is 3.62. The van der Waals surface area contributed by atoms with Gasteiger partial charge in [-0.05, 0) is 6.92 Å². The fraction of sp³-hybridized carbons (Fsp3) is 0.0556. The zero-order valence-corrected chi connectivity index (χ0v) is 34.4. The first kappa shape index (κ1) is 45.3. The number of halogens is 18. The predicted octanol–water partition coefficient (Wildman–Crippen LogP) is 13.4. The minimum absolute atomic E-state index is 0.260. The number of imide groups is 2. The van der Waals surface area contributed by atoms with E-state index in [1.165, 1.54) is 0 Å². The maximum Gasteiger partial charge on any atom is 0.268 e. The largest absolute Gasteiger partial charge is 0.448 e. The molecule has 7 rings (SSSR count). The molecule has 5 aromatic rings. The van der Waals surface area contributed by atoms with Crippen molar-refractivity contribution in [1.82, 2.24) is 4.90 Å². The zero-order valence-electron chi connectivity index (χ0n) is 29.1. The van der Waals surface area contributed by atoms with Gasteiger partial charge in [-0.15, -0.1) is 0 Å². The summed E-state index contributed by atoms with van der Waals surface area (Å²) < 4.78 is 179. The van der Waals surface area contributed by atoms with Crippen LogP contribution in [0.4, 0.5) is 54.0 Å². The highest BCUT2D eigenvalue weighted by atomic mass is 35.5. The summed E-state index contributed by atoms with van der Waals surface area (Å²) in [7, 11) is 0.979. The highest BCUT2D eigenvalue weighted by Crippen LogP contribution is 2.53. The van der Waals surface area contributed by atoms with Crippen molar-refractivity contribution in [3.63, 3.8) is 0 Å². The van der Waals surface area contributed by atoms with Gasteiger partial charge in [-0.25, -0.2) is 35.6 Å². The number of fused-ring (bicyclic) bond motifs is 2. The number of rotatable bonds is 6. The molecular weight excluding hydrogens is 1010 g/mol. The van der Waals surface area contributed by atoms with Crippen LogP contribution in [0.5, 0.6) is 23.0 Å². The van der Waals surface area contributed by atoms with E-state index in [0.29, 0.717) is 4.90 Å². The number of hydrogen-bond acceptors (Lipinski definition) is 6. The molecule has 322 valence electrons. The van der Waals surface area contributed by atoms with E-state index in [2.05, 4.69) is 0 Å². The highest BCUT2D eigenvalue weighted by molar-refractivity contribution is 6.52. The van der Waals surface area contributed by atoms with E-state index in [1.54, 1.807) is 0 Å². The van der Waals surface area contributed by atoms with E-state index in [9.17, 15) is 23.6 Å². The first-order valence-corrected chi connectivity index (χ1v) is 18.5. The summed E-state index contributed by atoms with van der Waals surface area (Å²) in [4.78, 5) is 52.0. The molecule has 0 aliphatic carbocycles. The van der Waals surface area contributed by atoms with Gasteiger partial charge in [0, 0.05) is 12.6 Å². The Balaban J connectivity index is 1.32. The summed E-state index contributed by atoms with van der Waals surface area (Å²) in [5.41, 5.74) is -10.9. The highest BCUT2D eigenvalue weighted by Gasteiger charge is 2.47. The number of ether oxygens (including phenoxy) is 2. The minimum atomic E-state index is -2.82. The average molecular weight is 1020 g/mol. The fourth-order valence-electron chi connectivity index (χ4n) is 6.18. The van der Waals surface area contributed by atoms with Crippen LogP contribution in [0.2, 0.25) is 35.2 Å². The van der Waals surface area contributed by atoms with Gasteiger partial charge in [0.2, 0.25) is 34.8 Å². The number of anilines is 1. The van der Waals surface area contributed by atoms with Crippen molar-refractivity contribution in [2.24, 2.45) is 0 Å². The summed E-state index contributed by atoms with van der Waals surface area (Å²) >= 11 is 42.1. The molecule has 4 amide bonds. The molecule has 2 aliphatic heterocycles. The van der Waals surface area contributed by atoms with Crippen LogP contribution in [0.25, 0.3) is 11.1 Å². The van der Waals surface area contributed by atoms with Crippen molar-refractivity contribution in [3.05, 3.63) is 127 Å². The molecule has 0 unspecified atom stereocenters. The molecule has 0 saturated carbocycles. The van der Waals surface area contributed by atoms with Crippen LogP contribution in [0, 0.1) is 70.9 Å². The first-order valence-electron chi connectivity index (χ1n) is 15.8. The summed E-state index contributed by atoms with van der Waals surface area (Å²) in [6, 6.07) is 0. The molecule has 8 nitrogen and oxygen atoms in total. The van der Waals surface area contributed by atoms with Crippen LogP contribution in [-0.2, 0) is 0 Å². The van der Waals surface area contributed by atoms with Crippen molar-refractivity contribution in [1.29, 1.82) is 0 Å². The van der Waals surface area contributed by atoms with Gasteiger partial charge in [0.05, 0.1) is 53.5 Å². The van der Waals surface area contributed by atoms with Crippen LogP contribution in [0.1, 0.15) is 47.0 Å². The Kier molecular flexibility index (Phi) is 11.3. The minimum Gasteiger partial charge on any atom is -0.448 e. The Morgan fingerprint density at radius 2 is 0.677 bits per heavy atom. The number of carbonyl (C=O) groups is 4. The van der Waals surface area contributed by atoms with Gasteiger partial charge in [0.15, 0.2) is 52.2 Å². The van der Waals surface area contributed by atoms with Crippen LogP contribution < -0.4 is 14.4 Å². The normalized spacial score (nSPS) is 13.5. The second kappa shape index (κ2) is 15.5. The maximum absolute atomic E-state index is 15.7. The van der Waals surface area contributed by atoms with E-state index in [1.807, 2.05) is 0 Å². The van der Waals surface area contributed by atoms with Crippen LogP contribution >= 0.6 is 81.2 Å². The predicted molar refractivity (Wildman–Crippen MR) is 198 cm³/mol. The third kappa shape index (κ3) is 6.10. The molecule has 0 aromatic heterocycles. The lowest BCUT2D eigenvalue weighted by Gasteiger charge is -2.18. The molecule has 0 atom stereocenters. The Labute approximate surface area is 370 Å². The Morgan fingerprint density at radius 1 is 0.355 bits per heavy atom. The standard InChI is InChI=1S/C36H6Cl7F11N2O6/c1-3-17(44)16(43)23(50)28(18(3)45)56-35(59)5-7(36(56)60)13(40)30(15(42)11(5)38)62-32-26(53)21(48)9(22(49)27(32)54)8-19(46)24(51)31(25(52)20(8)47)61-29-12(39)6-4(10(37)14(29)41)33(57)55(2)34(6)58/h1-2H3.